The highest BCUT2D eigenvalue weighted by Gasteiger charge is 2.16. The molecule has 162 valence electrons. The normalized spacial score (nSPS) is 10.6. The fourth-order valence-corrected chi connectivity index (χ4v) is 3.22. The third-order valence-electron chi connectivity index (χ3n) is 3.97. The molecule has 32 heavy (non-hydrogen) atoms. The predicted octanol–water partition coefficient (Wildman–Crippen LogP) is 5.06. The van der Waals surface area contributed by atoms with Crippen LogP contribution in [0.25, 0.3) is 0 Å². The van der Waals surface area contributed by atoms with Gasteiger partial charge < -0.3 is 10.1 Å². The molecule has 2 N–H and O–H groups in total. The Kier molecular flexibility index (Phi) is 7.99. The number of para-hydroxylation sites is 1. The quantitative estimate of drug-likeness (QED) is 0.157. The van der Waals surface area contributed by atoms with Gasteiger partial charge in [-0.3, -0.25) is 9.59 Å². The lowest BCUT2D eigenvalue weighted by atomic mass is 10.2. The van der Waals surface area contributed by atoms with Crippen LogP contribution in [0.4, 0.5) is 5.69 Å². The number of carbonyl (C=O) groups excluding carboxylic acids is 3. The summed E-state index contributed by atoms with van der Waals surface area (Å²) in [4.78, 5) is 36.5. The molecule has 0 saturated carbocycles. The fraction of sp³-hybridized carbons (Fsp3) is 0. The van der Waals surface area contributed by atoms with Crippen LogP contribution < -0.4 is 15.5 Å². The van der Waals surface area contributed by atoms with E-state index in [1.54, 1.807) is 60.7 Å². The maximum atomic E-state index is 12.4. The maximum absolute atomic E-state index is 12.4. The van der Waals surface area contributed by atoms with Gasteiger partial charge in [0.1, 0.15) is 5.75 Å². The number of ether oxygens (including phenoxy) is 1. The van der Waals surface area contributed by atoms with E-state index in [9.17, 15) is 14.4 Å². The van der Waals surface area contributed by atoms with Crippen LogP contribution in [-0.4, -0.2) is 24.0 Å². The molecule has 0 atom stereocenters. The Balaban J connectivity index is 1.69. The first-order valence-corrected chi connectivity index (χ1v) is 10.5. The number of nitrogens with zero attached hydrogens (tertiary/aromatic N) is 1. The smallest absolute Gasteiger partial charge is 0.345 e. The van der Waals surface area contributed by atoms with Crippen molar-refractivity contribution in [2.75, 3.05) is 5.32 Å². The van der Waals surface area contributed by atoms with Gasteiger partial charge in [-0.05, 0) is 42.5 Å². The summed E-state index contributed by atoms with van der Waals surface area (Å²) in [6.07, 6.45) is 1.24. The summed E-state index contributed by atoms with van der Waals surface area (Å²) in [6, 6.07) is 17.8. The van der Waals surface area contributed by atoms with Gasteiger partial charge in [-0.25, -0.2) is 10.2 Å². The fourth-order valence-electron chi connectivity index (χ4n) is 2.45. The van der Waals surface area contributed by atoms with E-state index in [1.807, 2.05) is 0 Å². The van der Waals surface area contributed by atoms with E-state index in [0.717, 1.165) is 0 Å². The van der Waals surface area contributed by atoms with Gasteiger partial charge in [0.05, 0.1) is 27.5 Å². The standard InChI is InChI=1S/C22H14BrCl2N3O4/c23-14-9-10-19(32-22(31)15-5-1-2-6-16(15)24)13(11-14)12-26-28-21(30)20(29)27-18-8-4-3-7-17(18)25/h1-12H,(H,27,29)(H,28,30)/b26-12-. The van der Waals surface area contributed by atoms with E-state index in [2.05, 4.69) is 31.8 Å². The molecule has 0 bridgehead atoms. The number of nitrogens with one attached hydrogen (secondary N) is 2. The van der Waals surface area contributed by atoms with Crippen molar-refractivity contribution in [3.63, 3.8) is 0 Å². The molecule has 7 nitrogen and oxygen atoms in total. The summed E-state index contributed by atoms with van der Waals surface area (Å²) in [6.45, 7) is 0. The van der Waals surface area contributed by atoms with Crippen molar-refractivity contribution in [1.29, 1.82) is 0 Å². The van der Waals surface area contributed by atoms with E-state index in [4.69, 9.17) is 27.9 Å². The molecular weight excluding hydrogens is 521 g/mol. The molecule has 0 unspecified atom stereocenters. The number of amides is 2. The van der Waals surface area contributed by atoms with Crippen LogP contribution >= 0.6 is 39.1 Å². The molecule has 2 amide bonds. The molecule has 10 heteroatoms. The first kappa shape index (κ1) is 23.5. The minimum absolute atomic E-state index is 0.177. The summed E-state index contributed by atoms with van der Waals surface area (Å²) in [7, 11) is 0. The van der Waals surface area contributed by atoms with Gasteiger partial charge in [-0.2, -0.15) is 5.10 Å². The second-order valence-electron chi connectivity index (χ2n) is 6.18. The monoisotopic (exact) mass is 533 g/mol. The number of rotatable bonds is 5. The number of hydrogen-bond acceptors (Lipinski definition) is 5. The van der Waals surface area contributed by atoms with Crippen LogP contribution in [0, 0.1) is 0 Å². The van der Waals surface area contributed by atoms with Gasteiger partial charge in [0.25, 0.3) is 0 Å². The van der Waals surface area contributed by atoms with Crippen molar-refractivity contribution in [2.45, 2.75) is 0 Å². The van der Waals surface area contributed by atoms with Crippen molar-refractivity contribution in [2.24, 2.45) is 5.10 Å². The van der Waals surface area contributed by atoms with E-state index < -0.39 is 17.8 Å². The number of esters is 1. The van der Waals surface area contributed by atoms with Gasteiger partial charge in [0.15, 0.2) is 0 Å². The lowest BCUT2D eigenvalue weighted by Gasteiger charge is -2.09. The lowest BCUT2D eigenvalue weighted by Crippen LogP contribution is -2.32. The molecule has 0 fully saturated rings. The zero-order valence-electron chi connectivity index (χ0n) is 16.1. The van der Waals surface area contributed by atoms with Gasteiger partial charge in [-0.15, -0.1) is 0 Å². The largest absolute Gasteiger partial charge is 0.422 e. The minimum atomic E-state index is -1.01. The molecule has 0 aliphatic heterocycles. The molecule has 3 rings (SSSR count). The van der Waals surface area contributed by atoms with E-state index in [-0.39, 0.29) is 21.4 Å². The Hall–Kier alpha value is -3.20. The molecule has 0 heterocycles. The number of anilines is 1. The number of hydrogen-bond donors (Lipinski definition) is 2. The molecule has 0 aliphatic rings. The Morgan fingerprint density at radius 3 is 2.31 bits per heavy atom. The highest BCUT2D eigenvalue weighted by atomic mass is 79.9. The highest BCUT2D eigenvalue weighted by Crippen LogP contribution is 2.24. The van der Waals surface area contributed by atoms with Gasteiger partial charge in [0, 0.05) is 10.0 Å². The van der Waals surface area contributed by atoms with Crippen LogP contribution in [-0.2, 0) is 9.59 Å². The second kappa shape index (κ2) is 10.9. The predicted molar refractivity (Wildman–Crippen MR) is 126 cm³/mol. The Morgan fingerprint density at radius 2 is 1.59 bits per heavy atom. The number of benzene rings is 3. The third kappa shape index (κ3) is 6.16. The number of hydrazone groups is 1. The Labute approximate surface area is 201 Å². The highest BCUT2D eigenvalue weighted by molar-refractivity contribution is 9.10. The van der Waals surface area contributed by atoms with E-state index >= 15 is 0 Å². The first-order valence-electron chi connectivity index (χ1n) is 9.00. The van der Waals surface area contributed by atoms with Gasteiger partial charge >= 0.3 is 17.8 Å². The topological polar surface area (TPSA) is 96.9 Å². The average Bonchev–Trinajstić information content (AvgIpc) is 2.77. The molecule has 3 aromatic carbocycles. The second-order valence-corrected chi connectivity index (χ2v) is 7.91. The van der Waals surface area contributed by atoms with E-state index in [0.29, 0.717) is 15.7 Å². The van der Waals surface area contributed by atoms with Crippen LogP contribution in [0.15, 0.2) is 76.3 Å². The molecule has 0 radical (unpaired) electrons. The molecule has 0 aliphatic carbocycles. The summed E-state index contributed by atoms with van der Waals surface area (Å²) in [5.74, 6) is -2.44. The van der Waals surface area contributed by atoms with Crippen LogP contribution in [0.2, 0.25) is 10.0 Å². The lowest BCUT2D eigenvalue weighted by molar-refractivity contribution is -0.136. The molecule has 3 aromatic rings. The molecular formula is C22H14BrCl2N3O4. The zero-order chi connectivity index (χ0) is 23.1. The minimum Gasteiger partial charge on any atom is -0.422 e. The maximum Gasteiger partial charge on any atom is 0.345 e. The summed E-state index contributed by atoms with van der Waals surface area (Å²) < 4.78 is 6.10. The molecule has 0 saturated heterocycles. The summed E-state index contributed by atoms with van der Waals surface area (Å²) >= 11 is 15.3. The van der Waals surface area contributed by atoms with Crippen molar-refractivity contribution in [1.82, 2.24) is 5.43 Å². The van der Waals surface area contributed by atoms with Crippen molar-refractivity contribution in [3.8, 4) is 5.75 Å². The molecule has 0 aromatic heterocycles. The zero-order valence-corrected chi connectivity index (χ0v) is 19.2. The van der Waals surface area contributed by atoms with Crippen molar-refractivity contribution >= 4 is 68.8 Å². The van der Waals surface area contributed by atoms with Gasteiger partial charge in [-0.1, -0.05) is 63.4 Å². The van der Waals surface area contributed by atoms with Crippen LogP contribution in [0.3, 0.4) is 0 Å². The summed E-state index contributed by atoms with van der Waals surface area (Å²) in [5, 5.41) is 6.69. The first-order chi connectivity index (χ1) is 15.3. The van der Waals surface area contributed by atoms with E-state index in [1.165, 1.54) is 12.3 Å². The Bertz CT molecular complexity index is 1220. The van der Waals surface area contributed by atoms with Gasteiger partial charge in [0.2, 0.25) is 0 Å². The van der Waals surface area contributed by atoms with Crippen LogP contribution in [0.1, 0.15) is 15.9 Å². The summed E-state index contributed by atoms with van der Waals surface area (Å²) in [5.41, 5.74) is 2.97. The van der Waals surface area contributed by atoms with Crippen molar-refractivity contribution < 1.29 is 19.1 Å². The van der Waals surface area contributed by atoms with Crippen LogP contribution in [0.5, 0.6) is 5.75 Å². The average molecular weight is 535 g/mol. The SMILES string of the molecule is O=C(N/N=C\c1cc(Br)ccc1OC(=O)c1ccccc1Cl)C(=O)Nc1ccccc1Cl. The number of halogens is 3. The Morgan fingerprint density at radius 1 is 0.906 bits per heavy atom. The number of carbonyl (C=O) groups is 3. The van der Waals surface area contributed by atoms with Crippen molar-refractivity contribution in [3.05, 3.63) is 92.4 Å². The third-order valence-corrected chi connectivity index (χ3v) is 5.12. The molecule has 0 spiro atoms.